The second kappa shape index (κ2) is 13.7. The van der Waals surface area contributed by atoms with Crippen LogP contribution in [0, 0.1) is 6.92 Å². The Hall–Kier alpha value is -4.42. The van der Waals surface area contributed by atoms with Crippen molar-refractivity contribution in [2.75, 3.05) is 27.2 Å². The molecule has 55 heavy (non-hydrogen) atoms. The lowest BCUT2D eigenvalue weighted by Crippen LogP contribution is -2.47. The van der Waals surface area contributed by atoms with Gasteiger partial charge < -0.3 is 14.2 Å². The minimum absolute atomic E-state index is 0.0560. The number of ether oxygens (including phenoxy) is 1. The second-order valence-corrected chi connectivity index (χ2v) is 19.1. The van der Waals surface area contributed by atoms with E-state index in [-0.39, 0.29) is 23.6 Å². The van der Waals surface area contributed by atoms with E-state index in [1.54, 1.807) is 27.0 Å². The predicted molar refractivity (Wildman–Crippen MR) is 215 cm³/mol. The van der Waals surface area contributed by atoms with Gasteiger partial charge in [-0.1, -0.05) is 25.3 Å². The molecule has 2 saturated heterocycles. The Morgan fingerprint density at radius 2 is 1.71 bits per heavy atom. The largest absolute Gasteiger partial charge is 0.497 e. The van der Waals surface area contributed by atoms with Crippen LogP contribution in [0.25, 0.3) is 33.8 Å². The number of carbonyl (C=O) groups is 2. The molecule has 2 saturated carbocycles. The van der Waals surface area contributed by atoms with Gasteiger partial charge in [0.25, 0.3) is 11.8 Å². The zero-order valence-corrected chi connectivity index (χ0v) is 33.4. The van der Waals surface area contributed by atoms with Gasteiger partial charge in [-0.3, -0.25) is 19.2 Å². The van der Waals surface area contributed by atoms with E-state index in [2.05, 4.69) is 49.0 Å². The first-order valence-corrected chi connectivity index (χ1v) is 21.7. The zero-order valence-electron chi connectivity index (χ0n) is 32.6. The Bertz CT molecular complexity index is 2360. The van der Waals surface area contributed by atoms with E-state index in [9.17, 15) is 18.0 Å². The molecule has 1 N–H and O–H groups in total. The summed E-state index contributed by atoms with van der Waals surface area (Å²) in [5, 5.41) is 5.48. The predicted octanol–water partition coefficient (Wildman–Crippen LogP) is 7.15. The molecule has 4 fully saturated rings. The summed E-state index contributed by atoms with van der Waals surface area (Å²) in [4.78, 5) is 32.9. The third kappa shape index (κ3) is 6.02. The molecule has 4 aromatic rings. The highest BCUT2D eigenvalue weighted by molar-refractivity contribution is 7.90. The van der Waals surface area contributed by atoms with E-state index in [1.165, 1.54) is 12.0 Å². The molecule has 11 nitrogen and oxygen atoms in total. The number of aryl methyl sites for hydroxylation is 1. The molecular formula is C43H52N6O5S. The molecule has 2 bridgehead atoms. The Kier molecular flexibility index (Phi) is 8.99. The first-order valence-electron chi connectivity index (χ1n) is 20.1. The van der Waals surface area contributed by atoms with Crippen LogP contribution in [0.3, 0.4) is 0 Å². The number of hydrogen-bond donors (Lipinski definition) is 1. The normalized spacial score (nSPS) is 21.7. The summed E-state index contributed by atoms with van der Waals surface area (Å²) in [6, 6.07) is 12.7. The number of rotatable bonds is 8. The number of nitrogens with one attached hydrogen (secondary N) is 1. The number of amides is 2. The number of sulfonamides is 1. The number of methoxy groups -OCH3 is 1. The number of piperazine rings is 1. The van der Waals surface area contributed by atoms with Crippen LogP contribution >= 0.6 is 0 Å². The standard InChI is InChI=1S/C43H52N6O5S/c1-25(2)55(52,53)45-42(50)28-14-16-36-37(20-28)48-22-30(18-29-19-34(54-5)15-17-35(29)41(48)39(36)27-10-7-6-8-11-27)40-38(26(3)44-49(40)31-12-9-13-31)43(51)47-24-32-21-33(47)23-46(32)4/h14-20,25,27,31-33H,6-13,21-24H2,1-5H3,(H,45,50)/t32-,33-/m0/s1. The highest BCUT2D eigenvalue weighted by Gasteiger charge is 2.45. The number of benzene rings is 2. The summed E-state index contributed by atoms with van der Waals surface area (Å²) in [5.41, 5.74) is 8.92. The van der Waals surface area contributed by atoms with Gasteiger partial charge in [0.2, 0.25) is 10.0 Å². The van der Waals surface area contributed by atoms with Gasteiger partial charge >= 0.3 is 0 Å². The van der Waals surface area contributed by atoms with Crippen molar-refractivity contribution < 1.29 is 22.7 Å². The van der Waals surface area contributed by atoms with Crippen LogP contribution in [-0.2, 0) is 16.6 Å². The number of hydrogen-bond acceptors (Lipinski definition) is 7. The van der Waals surface area contributed by atoms with Crippen molar-refractivity contribution in [1.82, 2.24) is 28.9 Å². The second-order valence-electron chi connectivity index (χ2n) is 16.8. The molecule has 12 heteroatoms. The maximum absolute atomic E-state index is 14.9. The van der Waals surface area contributed by atoms with Gasteiger partial charge in [0, 0.05) is 47.2 Å². The smallest absolute Gasteiger partial charge is 0.264 e. The molecule has 290 valence electrons. The van der Waals surface area contributed by atoms with Crippen molar-refractivity contribution in [2.45, 2.75) is 114 Å². The van der Waals surface area contributed by atoms with Gasteiger partial charge in [0.1, 0.15) is 5.75 Å². The monoisotopic (exact) mass is 764 g/mol. The van der Waals surface area contributed by atoms with Gasteiger partial charge in [-0.25, -0.2) is 13.1 Å². The molecule has 2 amide bonds. The third-order valence-corrected chi connectivity index (χ3v) is 14.9. The summed E-state index contributed by atoms with van der Waals surface area (Å²) in [5.74, 6) is 0.492. The fourth-order valence-electron chi connectivity index (χ4n) is 9.90. The minimum atomic E-state index is -3.84. The molecule has 2 aromatic carbocycles. The van der Waals surface area contributed by atoms with Crippen LogP contribution in [0.15, 0.2) is 36.4 Å². The fraction of sp³-hybridized carbons (Fsp3) is 0.512. The van der Waals surface area contributed by atoms with E-state index in [1.807, 2.05) is 25.1 Å². The number of carbonyl (C=O) groups excluding carboxylic acids is 2. The van der Waals surface area contributed by atoms with Gasteiger partial charge in [0.15, 0.2) is 0 Å². The first-order chi connectivity index (χ1) is 26.4. The SMILES string of the molecule is COc1ccc2c(c1)C=C(c1c(C(=O)N3C[C@@H]4C[C@H]3CN4C)c(C)nn1C1CCC1)Cn1c-2c(C2CCCCC2)c2ccc(C(=O)NS(=O)(=O)C(C)C)cc21. The Morgan fingerprint density at radius 3 is 2.36 bits per heavy atom. The quantitative estimate of drug-likeness (QED) is 0.203. The van der Waals surface area contributed by atoms with Gasteiger partial charge in [-0.05, 0) is 125 Å². The minimum Gasteiger partial charge on any atom is -0.497 e. The number of fused-ring (bicyclic) bond motifs is 7. The van der Waals surface area contributed by atoms with Gasteiger partial charge in [0.05, 0.1) is 47.6 Å². The van der Waals surface area contributed by atoms with Crippen LogP contribution in [0.1, 0.15) is 127 Å². The molecule has 3 aliphatic heterocycles. The van der Waals surface area contributed by atoms with Crippen molar-refractivity contribution in [3.8, 4) is 17.0 Å². The molecule has 0 radical (unpaired) electrons. The molecule has 0 unspecified atom stereocenters. The van der Waals surface area contributed by atoms with E-state index < -0.39 is 21.2 Å². The van der Waals surface area contributed by atoms with E-state index >= 15 is 0 Å². The summed E-state index contributed by atoms with van der Waals surface area (Å²) >= 11 is 0. The molecule has 2 atom stereocenters. The Balaban J connectivity index is 1.26. The van der Waals surface area contributed by atoms with Crippen LogP contribution in [0.2, 0.25) is 0 Å². The lowest BCUT2D eigenvalue weighted by molar-refractivity contribution is 0.0649. The maximum atomic E-state index is 14.9. The van der Waals surface area contributed by atoms with E-state index in [0.29, 0.717) is 24.1 Å². The van der Waals surface area contributed by atoms with Crippen molar-refractivity contribution in [3.05, 3.63) is 70.0 Å². The van der Waals surface area contributed by atoms with Gasteiger partial charge in [-0.2, -0.15) is 5.10 Å². The van der Waals surface area contributed by atoms with Crippen LogP contribution in [-0.4, -0.2) is 89.0 Å². The third-order valence-electron chi connectivity index (χ3n) is 13.2. The van der Waals surface area contributed by atoms with E-state index in [0.717, 1.165) is 115 Å². The Labute approximate surface area is 323 Å². The number of likely N-dealkylation sites (tertiary alicyclic amines) is 2. The van der Waals surface area contributed by atoms with Crippen molar-refractivity contribution in [1.29, 1.82) is 0 Å². The van der Waals surface area contributed by atoms with Crippen molar-refractivity contribution in [2.24, 2.45) is 0 Å². The van der Waals surface area contributed by atoms with Crippen LogP contribution in [0.4, 0.5) is 0 Å². The van der Waals surface area contributed by atoms with Crippen LogP contribution < -0.4 is 9.46 Å². The lowest BCUT2D eigenvalue weighted by Gasteiger charge is -2.32. The highest BCUT2D eigenvalue weighted by atomic mass is 32.2. The molecule has 2 aromatic heterocycles. The van der Waals surface area contributed by atoms with Gasteiger partial charge in [-0.15, -0.1) is 0 Å². The fourth-order valence-corrected chi connectivity index (χ4v) is 10.5. The molecule has 0 spiro atoms. The van der Waals surface area contributed by atoms with Crippen molar-refractivity contribution >= 4 is 44.4 Å². The first kappa shape index (κ1) is 36.2. The summed E-state index contributed by atoms with van der Waals surface area (Å²) in [6.45, 7) is 7.15. The average molecular weight is 765 g/mol. The zero-order chi connectivity index (χ0) is 38.3. The highest BCUT2D eigenvalue weighted by Crippen LogP contribution is 2.49. The topological polar surface area (TPSA) is 119 Å². The maximum Gasteiger partial charge on any atom is 0.264 e. The summed E-state index contributed by atoms with van der Waals surface area (Å²) in [7, 11) is 0.00347. The molecular weight excluding hydrogens is 713 g/mol. The number of likely N-dealkylation sites (N-methyl/N-ethyl adjacent to an activating group) is 1. The lowest BCUT2D eigenvalue weighted by atomic mass is 9.81. The molecule has 2 aliphatic carbocycles. The van der Waals surface area contributed by atoms with E-state index in [4.69, 9.17) is 9.84 Å². The number of allylic oxidation sites excluding steroid dienone is 1. The Morgan fingerprint density at radius 1 is 0.927 bits per heavy atom. The number of nitrogens with zero attached hydrogens (tertiary/aromatic N) is 5. The summed E-state index contributed by atoms with van der Waals surface area (Å²) < 4.78 is 38.2. The van der Waals surface area contributed by atoms with Crippen molar-refractivity contribution in [3.63, 3.8) is 0 Å². The number of aromatic nitrogens is 3. The summed E-state index contributed by atoms with van der Waals surface area (Å²) in [6.07, 6.45) is 12.1. The molecule has 5 heterocycles. The molecule has 9 rings (SSSR count). The van der Waals surface area contributed by atoms with Crippen LogP contribution in [0.5, 0.6) is 5.75 Å². The average Bonchev–Trinajstić information content (AvgIpc) is 3.87. The molecule has 5 aliphatic rings.